The molecule has 1 aliphatic heterocycles. The molecule has 0 radical (unpaired) electrons. The summed E-state index contributed by atoms with van der Waals surface area (Å²) in [6.45, 7) is 5.12. The molecule has 0 aromatic heterocycles. The van der Waals surface area contributed by atoms with Crippen LogP contribution in [0.15, 0.2) is 23.1 Å². The van der Waals surface area contributed by atoms with Gasteiger partial charge in [-0.1, -0.05) is 13.0 Å². The monoisotopic (exact) mass is 340 g/mol. The van der Waals surface area contributed by atoms with Crippen LogP contribution in [0.25, 0.3) is 0 Å². The summed E-state index contributed by atoms with van der Waals surface area (Å²) >= 11 is 0. The summed E-state index contributed by atoms with van der Waals surface area (Å²) < 4.78 is 32.4. The van der Waals surface area contributed by atoms with Gasteiger partial charge in [-0.3, -0.25) is 4.79 Å². The van der Waals surface area contributed by atoms with E-state index in [-0.39, 0.29) is 23.1 Å². The number of rotatable bonds is 5. The van der Waals surface area contributed by atoms with Crippen molar-refractivity contribution in [2.24, 2.45) is 5.92 Å². The molecular weight excluding hydrogens is 316 g/mol. The van der Waals surface area contributed by atoms with Gasteiger partial charge in [-0.05, 0) is 43.4 Å². The third-order valence-corrected chi connectivity index (χ3v) is 5.58. The Bertz CT molecular complexity index is 665. The molecule has 0 saturated carbocycles. The Hall–Kier alpha value is -1.60. The van der Waals surface area contributed by atoms with E-state index in [0.717, 1.165) is 18.4 Å². The fraction of sp³-hybridized carbons (Fsp3) is 0.562. The number of ether oxygens (including phenoxy) is 1. The molecule has 0 bridgehead atoms. The van der Waals surface area contributed by atoms with Gasteiger partial charge in [-0.2, -0.15) is 0 Å². The van der Waals surface area contributed by atoms with Crippen molar-refractivity contribution in [3.8, 4) is 5.75 Å². The highest BCUT2D eigenvalue weighted by Gasteiger charge is 2.24. The molecular formula is C16H24N2O4S. The summed E-state index contributed by atoms with van der Waals surface area (Å²) in [4.78, 5) is 13.9. The Morgan fingerprint density at radius 2 is 2.00 bits per heavy atom. The standard InChI is InChI=1S/C16H24N2O4S/c1-12-6-8-18(9-7-12)16(19)11-17-23(20,21)15-10-13(2)4-5-14(15)22-3/h4-5,10,12,17H,6-9,11H2,1-3H3. The van der Waals surface area contributed by atoms with E-state index in [0.29, 0.717) is 19.0 Å². The van der Waals surface area contributed by atoms with E-state index in [1.807, 2.05) is 0 Å². The maximum Gasteiger partial charge on any atom is 0.244 e. The number of carbonyl (C=O) groups excluding carboxylic acids is 1. The summed E-state index contributed by atoms with van der Waals surface area (Å²) in [5.74, 6) is 0.696. The van der Waals surface area contributed by atoms with Crippen LogP contribution in [0.1, 0.15) is 25.3 Å². The van der Waals surface area contributed by atoms with Gasteiger partial charge in [0.2, 0.25) is 15.9 Å². The van der Waals surface area contributed by atoms with Crippen LogP contribution in [-0.2, 0) is 14.8 Å². The number of hydrogen-bond acceptors (Lipinski definition) is 4. The molecule has 1 N–H and O–H groups in total. The molecule has 1 fully saturated rings. The average molecular weight is 340 g/mol. The minimum absolute atomic E-state index is 0.0556. The van der Waals surface area contributed by atoms with Gasteiger partial charge in [0.25, 0.3) is 0 Å². The molecule has 128 valence electrons. The van der Waals surface area contributed by atoms with Crippen LogP contribution < -0.4 is 9.46 Å². The number of piperidine rings is 1. The first-order valence-corrected chi connectivity index (χ1v) is 9.24. The molecule has 1 aromatic rings. The second-order valence-electron chi connectivity index (χ2n) is 6.04. The van der Waals surface area contributed by atoms with Gasteiger partial charge in [0.1, 0.15) is 10.6 Å². The number of benzene rings is 1. The van der Waals surface area contributed by atoms with Crippen molar-refractivity contribution in [2.75, 3.05) is 26.7 Å². The van der Waals surface area contributed by atoms with E-state index >= 15 is 0 Å². The second-order valence-corrected chi connectivity index (χ2v) is 7.78. The van der Waals surface area contributed by atoms with Gasteiger partial charge in [-0.25, -0.2) is 13.1 Å². The van der Waals surface area contributed by atoms with E-state index in [4.69, 9.17) is 4.74 Å². The molecule has 1 aromatic carbocycles. The van der Waals surface area contributed by atoms with Crippen molar-refractivity contribution in [1.82, 2.24) is 9.62 Å². The molecule has 23 heavy (non-hydrogen) atoms. The molecule has 0 atom stereocenters. The quantitative estimate of drug-likeness (QED) is 0.882. The largest absolute Gasteiger partial charge is 0.495 e. The van der Waals surface area contributed by atoms with Crippen molar-refractivity contribution in [1.29, 1.82) is 0 Å². The van der Waals surface area contributed by atoms with Crippen molar-refractivity contribution < 1.29 is 17.9 Å². The van der Waals surface area contributed by atoms with E-state index in [2.05, 4.69) is 11.6 Å². The molecule has 0 aliphatic carbocycles. The first-order valence-electron chi connectivity index (χ1n) is 7.75. The maximum atomic E-state index is 12.4. The summed E-state index contributed by atoms with van der Waals surface area (Å²) in [6.07, 6.45) is 1.92. The lowest BCUT2D eigenvalue weighted by molar-refractivity contribution is -0.131. The minimum Gasteiger partial charge on any atom is -0.495 e. The van der Waals surface area contributed by atoms with Gasteiger partial charge in [0.05, 0.1) is 13.7 Å². The van der Waals surface area contributed by atoms with Crippen molar-refractivity contribution in [3.05, 3.63) is 23.8 Å². The lowest BCUT2D eigenvalue weighted by Crippen LogP contribution is -2.43. The SMILES string of the molecule is COc1ccc(C)cc1S(=O)(=O)NCC(=O)N1CCC(C)CC1. The third kappa shape index (κ3) is 4.45. The Labute approximate surface area is 137 Å². The molecule has 2 rings (SSSR count). The number of nitrogens with one attached hydrogen (secondary N) is 1. The number of aryl methyl sites for hydroxylation is 1. The normalized spacial score (nSPS) is 16.4. The number of sulfonamides is 1. The summed E-state index contributed by atoms with van der Waals surface area (Å²) in [5, 5.41) is 0. The Morgan fingerprint density at radius 3 is 2.61 bits per heavy atom. The predicted octanol–water partition coefficient (Wildman–Crippen LogP) is 1.54. The summed E-state index contributed by atoms with van der Waals surface area (Å²) in [6, 6.07) is 4.92. The molecule has 7 heteroatoms. The number of hydrogen-bond donors (Lipinski definition) is 1. The van der Waals surface area contributed by atoms with Gasteiger partial charge < -0.3 is 9.64 Å². The zero-order valence-electron chi connectivity index (χ0n) is 13.8. The van der Waals surface area contributed by atoms with Crippen LogP contribution in [0.2, 0.25) is 0 Å². The molecule has 1 aliphatic rings. The lowest BCUT2D eigenvalue weighted by Gasteiger charge is -2.30. The van der Waals surface area contributed by atoms with E-state index in [1.54, 1.807) is 24.0 Å². The fourth-order valence-electron chi connectivity index (χ4n) is 2.60. The average Bonchev–Trinajstić information content (AvgIpc) is 2.53. The highest BCUT2D eigenvalue weighted by atomic mass is 32.2. The van der Waals surface area contributed by atoms with Crippen molar-refractivity contribution in [3.63, 3.8) is 0 Å². The molecule has 6 nitrogen and oxygen atoms in total. The van der Waals surface area contributed by atoms with Gasteiger partial charge in [0.15, 0.2) is 0 Å². The Morgan fingerprint density at radius 1 is 1.35 bits per heavy atom. The maximum absolute atomic E-state index is 12.4. The zero-order chi connectivity index (χ0) is 17.0. The number of methoxy groups -OCH3 is 1. The number of nitrogens with zero attached hydrogens (tertiary/aromatic N) is 1. The molecule has 0 spiro atoms. The minimum atomic E-state index is -3.79. The van der Waals surface area contributed by atoms with Crippen molar-refractivity contribution in [2.45, 2.75) is 31.6 Å². The smallest absolute Gasteiger partial charge is 0.244 e. The van der Waals surface area contributed by atoms with Crippen LogP contribution in [0.3, 0.4) is 0 Å². The summed E-state index contributed by atoms with van der Waals surface area (Å²) in [7, 11) is -2.37. The molecule has 1 saturated heterocycles. The van der Waals surface area contributed by atoms with Crippen LogP contribution in [0.4, 0.5) is 0 Å². The van der Waals surface area contributed by atoms with Crippen LogP contribution in [-0.4, -0.2) is 46.0 Å². The third-order valence-electron chi connectivity index (χ3n) is 4.16. The lowest BCUT2D eigenvalue weighted by atomic mass is 9.99. The highest BCUT2D eigenvalue weighted by Crippen LogP contribution is 2.24. The number of likely N-dealkylation sites (tertiary alicyclic amines) is 1. The van der Waals surface area contributed by atoms with E-state index in [9.17, 15) is 13.2 Å². The van der Waals surface area contributed by atoms with E-state index in [1.165, 1.54) is 13.2 Å². The van der Waals surface area contributed by atoms with E-state index < -0.39 is 10.0 Å². The topological polar surface area (TPSA) is 75.7 Å². The predicted molar refractivity (Wildman–Crippen MR) is 87.9 cm³/mol. The highest BCUT2D eigenvalue weighted by molar-refractivity contribution is 7.89. The Balaban J connectivity index is 2.04. The zero-order valence-corrected chi connectivity index (χ0v) is 14.6. The molecule has 1 amide bonds. The van der Waals surface area contributed by atoms with Crippen LogP contribution in [0.5, 0.6) is 5.75 Å². The van der Waals surface area contributed by atoms with Gasteiger partial charge >= 0.3 is 0 Å². The summed E-state index contributed by atoms with van der Waals surface area (Å²) in [5.41, 5.74) is 0.808. The first-order chi connectivity index (χ1) is 10.8. The first kappa shape index (κ1) is 17.7. The fourth-order valence-corrected chi connectivity index (χ4v) is 3.82. The van der Waals surface area contributed by atoms with Crippen LogP contribution in [0, 0.1) is 12.8 Å². The molecule has 1 heterocycles. The van der Waals surface area contributed by atoms with Crippen LogP contribution >= 0.6 is 0 Å². The Kier molecular flexibility index (Phi) is 5.64. The van der Waals surface area contributed by atoms with Gasteiger partial charge in [0, 0.05) is 13.1 Å². The van der Waals surface area contributed by atoms with Gasteiger partial charge in [-0.15, -0.1) is 0 Å². The van der Waals surface area contributed by atoms with Crippen molar-refractivity contribution >= 4 is 15.9 Å². The number of amides is 1. The number of carbonyl (C=O) groups is 1. The second kappa shape index (κ2) is 7.31. The molecule has 0 unspecified atom stereocenters.